The number of carbonyl (C=O) groups is 4. The molecule has 42 heavy (non-hydrogen) atoms. The summed E-state index contributed by atoms with van der Waals surface area (Å²) in [6, 6.07) is 8.54. The van der Waals surface area contributed by atoms with Crippen LogP contribution in [0.15, 0.2) is 41.5 Å². The minimum absolute atomic E-state index is 0.0706. The lowest BCUT2D eigenvalue weighted by atomic mass is 9.76. The first kappa shape index (κ1) is 33.1. The van der Waals surface area contributed by atoms with Gasteiger partial charge in [-0.25, -0.2) is 4.79 Å². The fraction of sp³-hybridized carbons (Fsp3) is 0.625. The Balaban J connectivity index is 1.80. The summed E-state index contributed by atoms with van der Waals surface area (Å²) in [5.74, 6) is -0.957. The molecule has 3 N–H and O–H groups in total. The van der Waals surface area contributed by atoms with Crippen LogP contribution in [0.25, 0.3) is 0 Å². The number of ether oxygens (including phenoxy) is 2. The van der Waals surface area contributed by atoms with Gasteiger partial charge in [-0.15, -0.1) is 0 Å². The van der Waals surface area contributed by atoms with Gasteiger partial charge in [-0.05, 0) is 72.4 Å². The van der Waals surface area contributed by atoms with E-state index in [1.165, 1.54) is 0 Å². The first-order chi connectivity index (χ1) is 19.7. The van der Waals surface area contributed by atoms with Crippen LogP contribution in [0.1, 0.15) is 86.1 Å². The average Bonchev–Trinajstić information content (AvgIpc) is 3.13. The zero-order chi connectivity index (χ0) is 31.1. The highest BCUT2D eigenvalue weighted by molar-refractivity contribution is 5.98. The van der Waals surface area contributed by atoms with E-state index in [2.05, 4.69) is 16.0 Å². The van der Waals surface area contributed by atoms with Crippen molar-refractivity contribution in [2.75, 3.05) is 19.7 Å². The van der Waals surface area contributed by atoms with Crippen molar-refractivity contribution in [2.24, 2.45) is 0 Å². The van der Waals surface area contributed by atoms with Crippen molar-refractivity contribution >= 4 is 23.8 Å². The maximum Gasteiger partial charge on any atom is 0.408 e. The molecule has 1 atom stereocenters. The second-order valence-corrected chi connectivity index (χ2v) is 12.8. The Labute approximate surface area is 250 Å². The summed E-state index contributed by atoms with van der Waals surface area (Å²) >= 11 is 0. The van der Waals surface area contributed by atoms with E-state index >= 15 is 0 Å². The molecular weight excluding hydrogens is 536 g/mol. The molecule has 1 heterocycles. The number of hydrogen-bond donors (Lipinski definition) is 3. The molecule has 1 saturated carbocycles. The van der Waals surface area contributed by atoms with Crippen molar-refractivity contribution < 1.29 is 28.7 Å². The Morgan fingerprint density at radius 3 is 2.29 bits per heavy atom. The molecule has 0 radical (unpaired) electrons. The average molecular weight is 585 g/mol. The molecule has 1 aromatic carbocycles. The number of nitrogens with zero attached hydrogens (tertiary/aromatic N) is 1. The standard InChI is InChI=1S/C32H48N4O6/c1-8-36(19-24-22(2)26(37)34-32(24)17-13-10-14-18-32)27(38)25(21-41-20-23-15-11-9-12-16-23)33-28(39)31(6,7)35-29(40)42-30(3,4)5/h9,11-12,15-16,25H,8,10,13-14,17-21H2,1-7H3,(H,33,39)(H,34,37)(H,35,40). The van der Waals surface area contributed by atoms with E-state index in [1.54, 1.807) is 39.5 Å². The summed E-state index contributed by atoms with van der Waals surface area (Å²) in [5.41, 5.74) is 0.0154. The van der Waals surface area contributed by atoms with E-state index in [1.807, 2.05) is 44.2 Å². The SMILES string of the molecule is CCN(CC1=C(C)C(=O)NC12CCCCC2)C(=O)C(COCc1ccccc1)NC(=O)C(C)(C)NC(=O)OC(C)(C)C. The van der Waals surface area contributed by atoms with Crippen LogP contribution in [-0.4, -0.2) is 71.1 Å². The Bertz CT molecular complexity index is 1170. The Morgan fingerprint density at radius 2 is 1.69 bits per heavy atom. The first-order valence-electron chi connectivity index (χ1n) is 14.9. The number of amides is 4. The number of carbonyl (C=O) groups excluding carboxylic acids is 4. The molecule has 1 unspecified atom stereocenters. The van der Waals surface area contributed by atoms with Gasteiger partial charge in [0, 0.05) is 18.7 Å². The third kappa shape index (κ3) is 8.56. The third-order valence-corrected chi connectivity index (χ3v) is 7.85. The van der Waals surface area contributed by atoms with Crippen LogP contribution in [0.5, 0.6) is 0 Å². The Hall–Kier alpha value is -3.40. The van der Waals surface area contributed by atoms with Gasteiger partial charge in [0.05, 0.1) is 18.8 Å². The molecule has 0 saturated heterocycles. The Kier molecular flexibility index (Phi) is 10.8. The fourth-order valence-electron chi connectivity index (χ4n) is 5.49. The molecule has 1 fully saturated rings. The van der Waals surface area contributed by atoms with Crippen molar-refractivity contribution in [1.82, 2.24) is 20.9 Å². The minimum Gasteiger partial charge on any atom is -0.444 e. The zero-order valence-corrected chi connectivity index (χ0v) is 26.2. The third-order valence-electron chi connectivity index (χ3n) is 7.85. The molecule has 4 amide bonds. The number of benzene rings is 1. The lowest BCUT2D eigenvalue weighted by molar-refractivity contribution is -0.139. The quantitative estimate of drug-likeness (QED) is 0.361. The maximum atomic E-state index is 14.0. The van der Waals surface area contributed by atoms with Crippen LogP contribution in [0.3, 0.4) is 0 Å². The minimum atomic E-state index is -1.37. The number of nitrogens with one attached hydrogen (secondary N) is 3. The second-order valence-electron chi connectivity index (χ2n) is 12.8. The molecule has 10 heteroatoms. The van der Waals surface area contributed by atoms with E-state index < -0.39 is 34.7 Å². The van der Waals surface area contributed by atoms with Crippen LogP contribution in [0.4, 0.5) is 4.79 Å². The summed E-state index contributed by atoms with van der Waals surface area (Å²) in [5, 5.41) is 8.62. The molecule has 1 aromatic rings. The van der Waals surface area contributed by atoms with Gasteiger partial charge in [0.2, 0.25) is 17.7 Å². The molecule has 2 aliphatic rings. The second kappa shape index (κ2) is 13.7. The summed E-state index contributed by atoms with van der Waals surface area (Å²) in [6.07, 6.45) is 4.12. The topological polar surface area (TPSA) is 126 Å². The Morgan fingerprint density at radius 1 is 1.05 bits per heavy atom. The van der Waals surface area contributed by atoms with Gasteiger partial charge in [-0.2, -0.15) is 0 Å². The van der Waals surface area contributed by atoms with E-state index in [0.717, 1.165) is 43.2 Å². The molecule has 1 spiro atoms. The highest BCUT2D eigenvalue weighted by atomic mass is 16.6. The van der Waals surface area contributed by atoms with E-state index in [0.29, 0.717) is 12.1 Å². The fourth-order valence-corrected chi connectivity index (χ4v) is 5.49. The van der Waals surface area contributed by atoms with Gasteiger partial charge >= 0.3 is 6.09 Å². The van der Waals surface area contributed by atoms with Crippen molar-refractivity contribution in [1.29, 1.82) is 0 Å². The van der Waals surface area contributed by atoms with Crippen molar-refractivity contribution in [3.05, 3.63) is 47.0 Å². The number of rotatable bonds is 11. The van der Waals surface area contributed by atoms with E-state index in [-0.39, 0.29) is 31.6 Å². The molecule has 3 rings (SSSR count). The van der Waals surface area contributed by atoms with Gasteiger partial charge in [0.25, 0.3) is 0 Å². The van der Waals surface area contributed by atoms with Gasteiger partial charge in [0.15, 0.2) is 0 Å². The van der Waals surface area contributed by atoms with Crippen LogP contribution in [0.2, 0.25) is 0 Å². The lowest BCUT2D eigenvalue weighted by Crippen LogP contribution is -2.61. The molecule has 0 bridgehead atoms. The van der Waals surface area contributed by atoms with Crippen LogP contribution < -0.4 is 16.0 Å². The predicted octanol–water partition coefficient (Wildman–Crippen LogP) is 3.99. The number of alkyl carbamates (subject to hydrolysis) is 1. The largest absolute Gasteiger partial charge is 0.444 e. The highest BCUT2D eigenvalue weighted by Crippen LogP contribution is 2.40. The summed E-state index contributed by atoms with van der Waals surface area (Å²) in [4.78, 5) is 54.3. The van der Waals surface area contributed by atoms with E-state index in [4.69, 9.17) is 9.47 Å². The predicted molar refractivity (Wildman–Crippen MR) is 160 cm³/mol. The molecule has 10 nitrogen and oxygen atoms in total. The normalized spacial score (nSPS) is 17.5. The maximum absolute atomic E-state index is 14.0. The molecule has 232 valence electrons. The van der Waals surface area contributed by atoms with Crippen molar-refractivity contribution in [3.63, 3.8) is 0 Å². The molecular formula is C32H48N4O6. The van der Waals surface area contributed by atoms with Crippen molar-refractivity contribution in [3.8, 4) is 0 Å². The highest BCUT2D eigenvalue weighted by Gasteiger charge is 2.45. The van der Waals surface area contributed by atoms with E-state index in [9.17, 15) is 19.2 Å². The van der Waals surface area contributed by atoms with Crippen LogP contribution in [0, 0.1) is 0 Å². The van der Waals surface area contributed by atoms with Gasteiger partial charge in [-0.3, -0.25) is 14.4 Å². The molecule has 1 aliphatic carbocycles. The zero-order valence-electron chi connectivity index (χ0n) is 26.2. The van der Waals surface area contributed by atoms with Gasteiger partial charge in [0.1, 0.15) is 17.2 Å². The monoisotopic (exact) mass is 584 g/mol. The van der Waals surface area contributed by atoms with Crippen LogP contribution >= 0.6 is 0 Å². The number of likely N-dealkylation sites (N-methyl/N-ethyl adjacent to an activating group) is 1. The molecule has 0 aromatic heterocycles. The number of hydrogen-bond acceptors (Lipinski definition) is 6. The summed E-state index contributed by atoms with van der Waals surface area (Å²) < 4.78 is 11.2. The summed E-state index contributed by atoms with van der Waals surface area (Å²) in [6.45, 7) is 12.9. The molecule has 1 aliphatic heterocycles. The van der Waals surface area contributed by atoms with Crippen LogP contribution in [-0.2, 0) is 30.5 Å². The van der Waals surface area contributed by atoms with Gasteiger partial charge in [-0.1, -0.05) is 49.6 Å². The van der Waals surface area contributed by atoms with Gasteiger partial charge < -0.3 is 30.3 Å². The lowest BCUT2D eigenvalue weighted by Gasteiger charge is -2.39. The first-order valence-corrected chi connectivity index (χ1v) is 14.9. The summed E-state index contributed by atoms with van der Waals surface area (Å²) in [7, 11) is 0. The smallest absolute Gasteiger partial charge is 0.408 e. The van der Waals surface area contributed by atoms with Crippen molar-refractivity contribution in [2.45, 2.75) is 110 Å².